The van der Waals surface area contributed by atoms with Crippen molar-refractivity contribution < 1.29 is 9.59 Å². The molecule has 82 valence electrons. The summed E-state index contributed by atoms with van der Waals surface area (Å²) >= 11 is 1.19. The highest BCUT2D eigenvalue weighted by atomic mass is 32.1. The van der Waals surface area contributed by atoms with Gasteiger partial charge in [0.25, 0.3) is 5.91 Å². The zero-order valence-corrected chi connectivity index (χ0v) is 9.43. The average molecular weight is 227 g/mol. The van der Waals surface area contributed by atoms with Crippen LogP contribution in [0.5, 0.6) is 0 Å². The van der Waals surface area contributed by atoms with Crippen LogP contribution in [0.4, 0.5) is 5.13 Å². The molecule has 0 aliphatic heterocycles. The molecule has 1 rings (SSSR count). The third-order valence-corrected chi connectivity index (χ3v) is 2.35. The van der Waals surface area contributed by atoms with Crippen LogP contribution in [0.3, 0.4) is 0 Å². The van der Waals surface area contributed by atoms with Gasteiger partial charge in [0.2, 0.25) is 5.91 Å². The minimum absolute atomic E-state index is 0.102. The van der Waals surface area contributed by atoms with Crippen molar-refractivity contribution in [3.05, 3.63) is 11.1 Å². The summed E-state index contributed by atoms with van der Waals surface area (Å²) in [5.74, 6) is -0.397. The van der Waals surface area contributed by atoms with Gasteiger partial charge in [0, 0.05) is 11.8 Å². The Bertz CT molecular complexity index is 373. The van der Waals surface area contributed by atoms with Gasteiger partial charge < -0.3 is 11.1 Å². The molecule has 0 unspecified atom stereocenters. The average Bonchev–Trinajstić information content (AvgIpc) is 2.50. The highest BCUT2D eigenvalue weighted by Gasteiger charge is 2.10. The van der Waals surface area contributed by atoms with Gasteiger partial charge in [0.1, 0.15) is 5.69 Å². The number of primary amides is 1. The van der Waals surface area contributed by atoms with Crippen LogP contribution < -0.4 is 11.1 Å². The molecule has 2 amide bonds. The maximum atomic E-state index is 11.3. The first-order chi connectivity index (χ1) is 6.99. The largest absolute Gasteiger partial charge is 0.364 e. The number of thiazole rings is 1. The van der Waals surface area contributed by atoms with Crippen molar-refractivity contribution in [2.75, 3.05) is 5.32 Å². The van der Waals surface area contributed by atoms with E-state index in [1.54, 1.807) is 0 Å². The quantitative estimate of drug-likeness (QED) is 0.811. The molecule has 3 N–H and O–H groups in total. The number of carbonyl (C=O) groups excluding carboxylic acids is 2. The smallest absolute Gasteiger partial charge is 0.268 e. The summed E-state index contributed by atoms with van der Waals surface area (Å²) < 4.78 is 0. The van der Waals surface area contributed by atoms with Crippen LogP contribution >= 0.6 is 11.3 Å². The molecular formula is C9H13N3O2S. The predicted molar refractivity (Wildman–Crippen MR) is 58.7 cm³/mol. The standard InChI is InChI=1S/C9H13N3O2S/c1-5(2)3-7(13)12-9-11-6(4-15-9)8(10)14/h4-5H,3H2,1-2H3,(H2,10,14)(H,11,12,13). The second-order valence-electron chi connectivity index (χ2n) is 3.55. The maximum absolute atomic E-state index is 11.3. The van der Waals surface area contributed by atoms with Crippen LogP contribution in [0, 0.1) is 5.92 Å². The molecular weight excluding hydrogens is 214 g/mol. The number of nitrogens with two attached hydrogens (primary N) is 1. The van der Waals surface area contributed by atoms with Gasteiger partial charge in [0.15, 0.2) is 5.13 Å². The summed E-state index contributed by atoms with van der Waals surface area (Å²) in [6, 6.07) is 0. The lowest BCUT2D eigenvalue weighted by Crippen LogP contribution is -2.15. The number of anilines is 1. The van der Waals surface area contributed by atoms with Crippen molar-refractivity contribution in [2.24, 2.45) is 11.7 Å². The summed E-state index contributed by atoms with van der Waals surface area (Å²) in [5.41, 5.74) is 5.21. The summed E-state index contributed by atoms with van der Waals surface area (Å²) in [5, 5.41) is 4.54. The van der Waals surface area contributed by atoms with E-state index in [-0.39, 0.29) is 11.6 Å². The van der Waals surface area contributed by atoms with E-state index in [9.17, 15) is 9.59 Å². The molecule has 0 aromatic carbocycles. The van der Waals surface area contributed by atoms with E-state index in [1.807, 2.05) is 13.8 Å². The summed E-state index contributed by atoms with van der Waals surface area (Å²) in [4.78, 5) is 25.9. The third kappa shape index (κ3) is 3.67. The molecule has 0 fully saturated rings. The molecule has 0 atom stereocenters. The fourth-order valence-corrected chi connectivity index (χ4v) is 1.70. The van der Waals surface area contributed by atoms with Crippen LogP contribution in [-0.4, -0.2) is 16.8 Å². The number of hydrogen-bond donors (Lipinski definition) is 2. The van der Waals surface area contributed by atoms with Gasteiger partial charge >= 0.3 is 0 Å². The Morgan fingerprint density at radius 1 is 1.60 bits per heavy atom. The molecule has 0 saturated carbocycles. The monoisotopic (exact) mass is 227 g/mol. The first kappa shape index (κ1) is 11.6. The lowest BCUT2D eigenvalue weighted by Gasteiger charge is -2.03. The molecule has 0 bridgehead atoms. The van der Waals surface area contributed by atoms with Crippen molar-refractivity contribution in [2.45, 2.75) is 20.3 Å². The predicted octanol–water partition coefficient (Wildman–Crippen LogP) is 1.23. The van der Waals surface area contributed by atoms with E-state index < -0.39 is 5.91 Å². The number of amides is 2. The van der Waals surface area contributed by atoms with Crippen LogP contribution in [0.15, 0.2) is 5.38 Å². The van der Waals surface area contributed by atoms with Gasteiger partial charge in [-0.25, -0.2) is 4.98 Å². The minimum atomic E-state index is -0.587. The Hall–Kier alpha value is -1.43. The second-order valence-corrected chi connectivity index (χ2v) is 4.41. The molecule has 15 heavy (non-hydrogen) atoms. The Morgan fingerprint density at radius 2 is 2.27 bits per heavy atom. The van der Waals surface area contributed by atoms with E-state index in [0.717, 1.165) is 0 Å². The van der Waals surface area contributed by atoms with Gasteiger partial charge in [-0.15, -0.1) is 11.3 Å². The van der Waals surface area contributed by atoms with E-state index >= 15 is 0 Å². The van der Waals surface area contributed by atoms with Crippen molar-refractivity contribution in [3.63, 3.8) is 0 Å². The SMILES string of the molecule is CC(C)CC(=O)Nc1nc(C(N)=O)cs1. The Labute approximate surface area is 91.7 Å². The number of hydrogen-bond acceptors (Lipinski definition) is 4. The Morgan fingerprint density at radius 3 is 2.73 bits per heavy atom. The molecule has 0 aliphatic carbocycles. The van der Waals surface area contributed by atoms with E-state index in [2.05, 4.69) is 10.3 Å². The van der Waals surface area contributed by atoms with Crippen LogP contribution in [-0.2, 0) is 4.79 Å². The van der Waals surface area contributed by atoms with Gasteiger partial charge in [0.05, 0.1) is 0 Å². The highest BCUT2D eigenvalue weighted by Crippen LogP contribution is 2.15. The molecule has 0 radical (unpaired) electrons. The fourth-order valence-electron chi connectivity index (χ4n) is 0.985. The fraction of sp³-hybridized carbons (Fsp3) is 0.444. The molecule has 0 spiro atoms. The zero-order valence-electron chi connectivity index (χ0n) is 8.61. The van der Waals surface area contributed by atoms with Gasteiger partial charge in [-0.05, 0) is 5.92 Å². The highest BCUT2D eigenvalue weighted by molar-refractivity contribution is 7.14. The lowest BCUT2D eigenvalue weighted by molar-refractivity contribution is -0.116. The molecule has 1 aromatic heterocycles. The van der Waals surface area contributed by atoms with Crippen LogP contribution in [0.25, 0.3) is 0 Å². The topological polar surface area (TPSA) is 85.1 Å². The van der Waals surface area contributed by atoms with Crippen molar-refractivity contribution in [1.29, 1.82) is 0 Å². The molecule has 1 aromatic rings. The first-order valence-corrected chi connectivity index (χ1v) is 5.42. The maximum Gasteiger partial charge on any atom is 0.268 e. The third-order valence-electron chi connectivity index (χ3n) is 1.60. The number of rotatable bonds is 4. The Kier molecular flexibility index (Phi) is 3.79. The summed E-state index contributed by atoms with van der Waals surface area (Å²) in [7, 11) is 0. The van der Waals surface area contributed by atoms with E-state index in [4.69, 9.17) is 5.73 Å². The van der Waals surface area contributed by atoms with Crippen molar-refractivity contribution >= 4 is 28.3 Å². The number of aromatic nitrogens is 1. The van der Waals surface area contributed by atoms with Gasteiger partial charge in [-0.2, -0.15) is 0 Å². The summed E-state index contributed by atoms with van der Waals surface area (Å²) in [6.07, 6.45) is 0.436. The number of carbonyl (C=O) groups is 2. The molecule has 0 aliphatic rings. The van der Waals surface area contributed by atoms with Gasteiger partial charge in [-0.1, -0.05) is 13.8 Å². The zero-order chi connectivity index (χ0) is 11.4. The second kappa shape index (κ2) is 4.88. The molecule has 5 nitrogen and oxygen atoms in total. The normalized spacial score (nSPS) is 10.3. The lowest BCUT2D eigenvalue weighted by atomic mass is 10.1. The van der Waals surface area contributed by atoms with Crippen LogP contribution in [0.1, 0.15) is 30.8 Å². The summed E-state index contributed by atoms with van der Waals surface area (Å²) in [6.45, 7) is 3.91. The molecule has 1 heterocycles. The van der Waals surface area contributed by atoms with Crippen molar-refractivity contribution in [1.82, 2.24) is 4.98 Å². The van der Waals surface area contributed by atoms with E-state index in [0.29, 0.717) is 17.5 Å². The van der Waals surface area contributed by atoms with Gasteiger partial charge in [-0.3, -0.25) is 9.59 Å². The number of nitrogens with zero attached hydrogens (tertiary/aromatic N) is 1. The Balaban J connectivity index is 2.57. The minimum Gasteiger partial charge on any atom is -0.364 e. The number of nitrogens with one attached hydrogen (secondary N) is 1. The first-order valence-electron chi connectivity index (χ1n) is 4.54. The van der Waals surface area contributed by atoms with Crippen molar-refractivity contribution in [3.8, 4) is 0 Å². The van der Waals surface area contributed by atoms with Crippen LogP contribution in [0.2, 0.25) is 0 Å². The molecule has 0 saturated heterocycles. The van der Waals surface area contributed by atoms with E-state index in [1.165, 1.54) is 16.7 Å². The molecule has 6 heteroatoms.